The first kappa shape index (κ1) is 43.4. The Morgan fingerprint density at radius 2 is 1.65 bits per heavy atom. The van der Waals surface area contributed by atoms with Crippen molar-refractivity contribution in [2.24, 2.45) is 0 Å². The van der Waals surface area contributed by atoms with E-state index in [4.69, 9.17) is 19.8 Å². The third kappa shape index (κ3) is 9.09. The van der Waals surface area contributed by atoms with Crippen LogP contribution >= 0.6 is 0 Å². The molecule has 6 amide bonds. The number of piperidine rings is 1. The normalized spacial score (nSPS) is 20.3. The van der Waals surface area contributed by atoms with Crippen molar-refractivity contribution in [3.05, 3.63) is 119 Å². The first-order valence-corrected chi connectivity index (χ1v) is 21.9. The second kappa shape index (κ2) is 18.7. The van der Waals surface area contributed by atoms with E-state index in [1.165, 1.54) is 12.1 Å². The average Bonchev–Trinajstić information content (AvgIpc) is 3.95. The molecule has 5 aromatic rings. The van der Waals surface area contributed by atoms with Gasteiger partial charge in [-0.25, -0.2) is 23.8 Å². The fourth-order valence-electron chi connectivity index (χ4n) is 9.23. The number of urea groups is 1. The monoisotopic (exact) mass is 883 g/mol. The van der Waals surface area contributed by atoms with Crippen LogP contribution in [0.2, 0.25) is 0 Å². The van der Waals surface area contributed by atoms with E-state index in [-0.39, 0.29) is 41.7 Å². The van der Waals surface area contributed by atoms with Crippen molar-refractivity contribution < 1.29 is 33.1 Å². The van der Waals surface area contributed by atoms with E-state index < -0.39 is 35.7 Å². The second-order valence-corrected chi connectivity index (χ2v) is 16.9. The van der Waals surface area contributed by atoms with E-state index in [1.54, 1.807) is 42.4 Å². The summed E-state index contributed by atoms with van der Waals surface area (Å²) < 4.78 is 21.3. The molecule has 336 valence electrons. The molecule has 3 N–H and O–H groups in total. The Balaban J connectivity index is 0.833. The number of nitrogens with one attached hydrogen (secondary N) is 3. The van der Waals surface area contributed by atoms with E-state index in [1.807, 2.05) is 49.4 Å². The predicted octanol–water partition coefficient (Wildman–Crippen LogP) is 3.78. The van der Waals surface area contributed by atoms with Crippen LogP contribution in [-0.4, -0.2) is 142 Å². The van der Waals surface area contributed by atoms with Crippen LogP contribution in [0.4, 0.5) is 21.0 Å². The van der Waals surface area contributed by atoms with Gasteiger partial charge in [-0.15, -0.1) is 0 Å². The maximum absolute atomic E-state index is 14.3. The number of likely N-dealkylation sites (tertiary alicyclic amines) is 1. The molecule has 4 aliphatic heterocycles. The van der Waals surface area contributed by atoms with Gasteiger partial charge in [-0.2, -0.15) is 5.10 Å². The summed E-state index contributed by atoms with van der Waals surface area (Å²) in [6, 6.07) is 19.7. The van der Waals surface area contributed by atoms with Crippen LogP contribution in [0, 0.1) is 12.7 Å². The van der Waals surface area contributed by atoms with Crippen molar-refractivity contribution in [1.29, 1.82) is 0 Å². The van der Waals surface area contributed by atoms with Crippen LogP contribution < -0.4 is 20.9 Å². The average molecular weight is 884 g/mol. The zero-order valence-corrected chi connectivity index (χ0v) is 36.2. The predicted molar refractivity (Wildman–Crippen MR) is 238 cm³/mol. The quantitative estimate of drug-likeness (QED) is 0.146. The number of carbonyl (C=O) groups excluding carboxylic acids is 5. The molecule has 18 heteroatoms. The molecular formula is C47H50FN11O6. The molecule has 3 atom stereocenters. The lowest BCUT2D eigenvalue weighted by molar-refractivity contribution is -0.136. The summed E-state index contributed by atoms with van der Waals surface area (Å²) in [5, 5.41) is 13.4. The number of ether oxygens (including phenoxy) is 1. The van der Waals surface area contributed by atoms with Gasteiger partial charge in [0.05, 0.1) is 29.5 Å². The summed E-state index contributed by atoms with van der Waals surface area (Å²) >= 11 is 0. The molecule has 2 unspecified atom stereocenters. The number of imide groups is 2. The van der Waals surface area contributed by atoms with Crippen LogP contribution in [0.1, 0.15) is 56.2 Å². The van der Waals surface area contributed by atoms with Gasteiger partial charge in [-0.1, -0.05) is 36.4 Å². The number of piperazine rings is 1. The minimum absolute atomic E-state index is 0.0722. The topological polar surface area (TPSA) is 187 Å². The van der Waals surface area contributed by atoms with Gasteiger partial charge in [0.1, 0.15) is 23.4 Å². The fourth-order valence-corrected chi connectivity index (χ4v) is 9.23. The van der Waals surface area contributed by atoms with Gasteiger partial charge < -0.3 is 15.0 Å². The summed E-state index contributed by atoms with van der Waals surface area (Å²) in [6.07, 6.45) is 4.35. The standard InChI is InChI=1S/C47H50FN11O6/c1-29-41(54-59(34-9-4-3-5-10-34)42(29)53-47(64)51-38-28-56(21-22-65-2)27-37(38)31-7-6-8-33(48)24-31)32-25-49-46(50-26-32)57-19-17-55(18-20-57)16-15-30-11-12-35-36(23-30)45(63)58(44(35)62)39-13-14-40(60)52-43(39)61/h3-12,23-26,37-39H,13-22,27-28H2,1-2H3,(H2,51,53,64)(H,52,60,61)/t37?,38-,39?/m1/s1. The molecule has 0 saturated carbocycles. The summed E-state index contributed by atoms with van der Waals surface area (Å²) in [4.78, 5) is 81.5. The third-order valence-corrected chi connectivity index (χ3v) is 12.7. The number of hydrogen-bond acceptors (Lipinski definition) is 12. The molecule has 2 aromatic heterocycles. The van der Waals surface area contributed by atoms with E-state index in [9.17, 15) is 28.4 Å². The lowest BCUT2D eigenvalue weighted by Gasteiger charge is -2.34. The molecule has 65 heavy (non-hydrogen) atoms. The Kier molecular flexibility index (Phi) is 12.5. The van der Waals surface area contributed by atoms with E-state index in [0.29, 0.717) is 68.8 Å². The van der Waals surface area contributed by atoms with Crippen LogP contribution in [0.3, 0.4) is 0 Å². The summed E-state index contributed by atoms with van der Waals surface area (Å²) in [7, 11) is 1.65. The highest BCUT2D eigenvalue weighted by Crippen LogP contribution is 2.33. The fraction of sp³-hybridized carbons (Fsp3) is 0.362. The van der Waals surface area contributed by atoms with E-state index in [0.717, 1.165) is 46.9 Å². The molecule has 4 aliphatic rings. The molecule has 6 heterocycles. The largest absolute Gasteiger partial charge is 0.383 e. The third-order valence-electron chi connectivity index (χ3n) is 12.7. The lowest BCUT2D eigenvalue weighted by Crippen LogP contribution is -2.54. The van der Waals surface area contributed by atoms with Gasteiger partial charge in [0.15, 0.2) is 0 Å². The SMILES string of the molecule is COCCN1CC(c2cccc(F)c2)[C@H](NC(=O)Nc2c(C)c(-c3cnc(N4CCN(CCc5ccc6c(c5)C(=O)N(C5CCC(=O)NC5=O)C6=O)CC4)nc3)nn2-c2ccccc2)C1. The van der Waals surface area contributed by atoms with Crippen LogP contribution in [0.25, 0.3) is 16.9 Å². The number of hydrogen-bond donors (Lipinski definition) is 3. The number of fused-ring (bicyclic) bond motifs is 1. The number of methoxy groups -OCH3 is 1. The molecule has 0 bridgehead atoms. The Hall–Kier alpha value is -6.89. The number of carbonyl (C=O) groups is 5. The first-order valence-electron chi connectivity index (χ1n) is 21.9. The molecule has 17 nitrogen and oxygen atoms in total. The van der Waals surface area contributed by atoms with Crippen molar-refractivity contribution in [1.82, 2.24) is 45.1 Å². The maximum Gasteiger partial charge on any atom is 0.320 e. The van der Waals surface area contributed by atoms with Gasteiger partial charge in [-0.3, -0.25) is 44.5 Å². The maximum atomic E-state index is 14.3. The zero-order chi connectivity index (χ0) is 45.2. The number of nitrogens with zero attached hydrogens (tertiary/aromatic N) is 8. The van der Waals surface area contributed by atoms with Crippen LogP contribution in [0.5, 0.6) is 0 Å². The number of rotatable bonds is 13. The number of aromatic nitrogens is 4. The van der Waals surface area contributed by atoms with Gasteiger partial charge in [0.2, 0.25) is 17.8 Å². The second-order valence-electron chi connectivity index (χ2n) is 16.9. The van der Waals surface area contributed by atoms with E-state index >= 15 is 0 Å². The van der Waals surface area contributed by atoms with Crippen molar-refractivity contribution in [2.75, 3.05) is 76.3 Å². The van der Waals surface area contributed by atoms with Gasteiger partial charge in [0, 0.05) is 95.3 Å². The zero-order valence-electron chi connectivity index (χ0n) is 36.2. The molecule has 0 spiro atoms. The van der Waals surface area contributed by atoms with Gasteiger partial charge in [-0.05, 0) is 67.3 Å². The Labute approximate surface area is 374 Å². The smallest absolute Gasteiger partial charge is 0.320 e. The highest BCUT2D eigenvalue weighted by atomic mass is 19.1. The van der Waals surface area contributed by atoms with Crippen molar-refractivity contribution >= 4 is 41.4 Å². The Bertz CT molecular complexity index is 2620. The number of amides is 6. The summed E-state index contributed by atoms with van der Waals surface area (Å²) in [6.45, 7) is 8.04. The van der Waals surface area contributed by atoms with Crippen molar-refractivity contribution in [3.8, 4) is 16.9 Å². The van der Waals surface area contributed by atoms with E-state index in [2.05, 4.69) is 30.7 Å². The first-order chi connectivity index (χ1) is 31.5. The van der Waals surface area contributed by atoms with Crippen molar-refractivity contribution in [3.63, 3.8) is 0 Å². The number of para-hydroxylation sites is 1. The van der Waals surface area contributed by atoms with Crippen LogP contribution in [-0.2, 0) is 20.7 Å². The molecule has 3 aromatic carbocycles. The minimum atomic E-state index is -0.996. The Morgan fingerprint density at radius 3 is 2.38 bits per heavy atom. The highest BCUT2D eigenvalue weighted by molar-refractivity contribution is 6.23. The molecule has 9 rings (SSSR count). The molecule has 0 radical (unpaired) electrons. The Morgan fingerprint density at radius 1 is 0.877 bits per heavy atom. The summed E-state index contributed by atoms with van der Waals surface area (Å²) in [5.74, 6) is -1.41. The van der Waals surface area contributed by atoms with Gasteiger partial charge >= 0.3 is 6.03 Å². The minimum Gasteiger partial charge on any atom is -0.383 e. The van der Waals surface area contributed by atoms with Crippen LogP contribution in [0.15, 0.2) is 85.2 Å². The van der Waals surface area contributed by atoms with Crippen molar-refractivity contribution in [2.45, 2.75) is 44.2 Å². The number of halogens is 1. The molecular weight excluding hydrogens is 834 g/mol. The highest BCUT2D eigenvalue weighted by Gasteiger charge is 2.44. The summed E-state index contributed by atoms with van der Waals surface area (Å²) in [5.41, 5.74) is 5.08. The molecule has 3 saturated heterocycles. The number of benzene rings is 3. The molecule has 3 fully saturated rings. The van der Waals surface area contributed by atoms with Gasteiger partial charge in [0.25, 0.3) is 11.8 Å². The lowest BCUT2D eigenvalue weighted by atomic mass is 9.94. The molecule has 0 aliphatic carbocycles. The number of anilines is 2.